The first-order chi connectivity index (χ1) is 13.2. The van der Waals surface area contributed by atoms with Crippen LogP contribution < -0.4 is 16.2 Å². The van der Waals surface area contributed by atoms with Crippen LogP contribution in [0.2, 0.25) is 0 Å². The third kappa shape index (κ3) is 4.83. The van der Waals surface area contributed by atoms with Gasteiger partial charge in [0, 0.05) is 17.3 Å². The van der Waals surface area contributed by atoms with Crippen LogP contribution in [0.3, 0.4) is 0 Å². The minimum absolute atomic E-state index is 0.477. The highest BCUT2D eigenvalue weighted by Crippen LogP contribution is 2.44. The first-order valence-corrected chi connectivity index (χ1v) is 11.0. The maximum Gasteiger partial charge on any atom is 0.316 e. The second-order valence-corrected chi connectivity index (χ2v) is 9.67. The number of nitrogens with one attached hydrogen (secondary N) is 1. The van der Waals surface area contributed by atoms with Gasteiger partial charge in [-0.15, -0.1) is 11.3 Å². The average molecular weight is 422 g/mol. The highest BCUT2D eigenvalue weighted by molar-refractivity contribution is 7.99. The van der Waals surface area contributed by atoms with Crippen LogP contribution in [0.15, 0.2) is 10.4 Å². The Balaban J connectivity index is 0.000000178. The molecule has 1 fully saturated rings. The maximum absolute atomic E-state index is 11.1. The van der Waals surface area contributed by atoms with Gasteiger partial charge in [0.15, 0.2) is 0 Å². The third-order valence-corrected chi connectivity index (χ3v) is 6.82. The van der Waals surface area contributed by atoms with E-state index in [1.807, 2.05) is 6.92 Å². The molecule has 2 amide bonds. The van der Waals surface area contributed by atoms with Crippen LogP contribution in [0.4, 0.5) is 10.5 Å². The molecule has 2 aromatic rings. The number of carbonyl (C=O) groups excluding carboxylic acids is 1. The lowest BCUT2D eigenvalue weighted by Gasteiger charge is -2.15. The Morgan fingerprint density at radius 1 is 1.39 bits per heavy atom. The van der Waals surface area contributed by atoms with Crippen LogP contribution in [-0.2, 0) is 18.4 Å². The second-order valence-electron chi connectivity index (χ2n) is 7.70. The normalized spacial score (nSPS) is 15.6. The van der Waals surface area contributed by atoms with E-state index >= 15 is 0 Å². The Labute approximate surface area is 173 Å². The van der Waals surface area contributed by atoms with E-state index < -0.39 is 11.6 Å². The molecule has 0 radical (unpaired) electrons. The van der Waals surface area contributed by atoms with Crippen LogP contribution >= 0.6 is 23.3 Å². The number of fused-ring (bicyclic) bond motifs is 1. The Bertz CT molecular complexity index is 872. The van der Waals surface area contributed by atoms with Gasteiger partial charge in [0.25, 0.3) is 0 Å². The number of hydrogen-bond acceptors (Lipinski definition) is 7. The van der Waals surface area contributed by atoms with Crippen molar-refractivity contribution < 1.29 is 9.90 Å². The molecule has 0 unspecified atom stereocenters. The van der Waals surface area contributed by atoms with Gasteiger partial charge < -0.3 is 16.2 Å². The number of rotatable bonds is 4. The summed E-state index contributed by atoms with van der Waals surface area (Å²) in [6, 6.07) is -0.477. The van der Waals surface area contributed by atoms with E-state index in [0.717, 1.165) is 46.7 Å². The smallest absolute Gasteiger partial charge is 0.316 e. The zero-order chi connectivity index (χ0) is 20.5. The monoisotopic (exact) mass is 421 g/mol. The average Bonchev–Trinajstić information content (AvgIpc) is 3.15. The van der Waals surface area contributed by atoms with E-state index in [1.54, 1.807) is 20.0 Å². The van der Waals surface area contributed by atoms with E-state index in [0.29, 0.717) is 10.9 Å². The van der Waals surface area contributed by atoms with Crippen LogP contribution in [0, 0.1) is 6.92 Å². The van der Waals surface area contributed by atoms with Crippen LogP contribution in [0.1, 0.15) is 66.6 Å². The van der Waals surface area contributed by atoms with Crippen molar-refractivity contribution in [1.82, 2.24) is 9.97 Å². The summed E-state index contributed by atoms with van der Waals surface area (Å²) in [5, 5.41) is 18.3. The van der Waals surface area contributed by atoms with Gasteiger partial charge >= 0.3 is 6.03 Å². The third-order valence-electron chi connectivity index (χ3n) is 4.84. The molecule has 0 spiro atoms. The van der Waals surface area contributed by atoms with Gasteiger partial charge in [-0.25, -0.2) is 9.78 Å². The summed E-state index contributed by atoms with van der Waals surface area (Å²) in [7, 11) is 0. The first kappa shape index (κ1) is 21.0. The van der Waals surface area contributed by atoms with Gasteiger partial charge in [-0.3, -0.25) is 10.1 Å². The van der Waals surface area contributed by atoms with E-state index in [9.17, 15) is 9.90 Å². The fourth-order valence-corrected chi connectivity index (χ4v) is 4.54. The Morgan fingerprint density at radius 2 is 2.11 bits per heavy atom. The summed E-state index contributed by atoms with van der Waals surface area (Å²) in [4.78, 5) is 19.9. The van der Waals surface area contributed by atoms with Crippen molar-refractivity contribution in [3.8, 4) is 0 Å². The molecule has 2 heterocycles. The number of aryl methyl sites for hydroxylation is 1. The number of nitrogens with two attached hydrogens (primary N) is 2. The molecule has 2 aliphatic carbocycles. The molecule has 0 bridgehead atoms. The fourth-order valence-electron chi connectivity index (χ4n) is 3.35. The number of aliphatic hydroxyl groups is 1. The molecule has 0 aliphatic heterocycles. The molecule has 152 valence electrons. The predicted octanol–water partition coefficient (Wildman–Crippen LogP) is 3.58. The number of urea groups is 1. The van der Waals surface area contributed by atoms with Gasteiger partial charge in [-0.2, -0.15) is 0 Å². The molecule has 2 aromatic heterocycles. The van der Waals surface area contributed by atoms with Crippen LogP contribution in [0.5, 0.6) is 0 Å². The summed E-state index contributed by atoms with van der Waals surface area (Å²) in [6.07, 6.45) is 7.28. The van der Waals surface area contributed by atoms with Crippen molar-refractivity contribution in [2.45, 2.75) is 68.6 Å². The highest BCUT2D eigenvalue weighted by Gasteiger charge is 2.31. The SMILES string of the molecule is CC(C)(O)c1ncc(SN)s1.Cc1c(C2CC2)nc2c(c1NC(N)=O)CCC2. The molecule has 28 heavy (non-hydrogen) atoms. The van der Waals surface area contributed by atoms with Gasteiger partial charge in [0.05, 0.1) is 16.1 Å². The lowest BCUT2D eigenvalue weighted by atomic mass is 10.0. The van der Waals surface area contributed by atoms with E-state index in [-0.39, 0.29) is 0 Å². The van der Waals surface area contributed by atoms with E-state index in [1.165, 1.54) is 41.1 Å². The number of thiazole rings is 1. The summed E-state index contributed by atoms with van der Waals surface area (Å²) >= 11 is 2.57. The molecule has 9 heteroatoms. The van der Waals surface area contributed by atoms with E-state index in [4.69, 9.17) is 15.9 Å². The van der Waals surface area contributed by atoms with Gasteiger partial charge in [0.2, 0.25) is 0 Å². The van der Waals surface area contributed by atoms with Crippen LogP contribution in [0.25, 0.3) is 0 Å². The minimum Gasteiger partial charge on any atom is -0.383 e. The zero-order valence-corrected chi connectivity index (χ0v) is 18.0. The molecule has 1 saturated carbocycles. The van der Waals surface area contributed by atoms with Gasteiger partial charge in [-0.1, -0.05) is 0 Å². The van der Waals surface area contributed by atoms with Crippen molar-refractivity contribution in [1.29, 1.82) is 0 Å². The van der Waals surface area contributed by atoms with Crippen molar-refractivity contribution in [3.05, 3.63) is 33.7 Å². The largest absolute Gasteiger partial charge is 0.383 e. The predicted molar refractivity (Wildman–Crippen MR) is 114 cm³/mol. The number of primary amides is 1. The summed E-state index contributed by atoms with van der Waals surface area (Å²) < 4.78 is 0.919. The summed E-state index contributed by atoms with van der Waals surface area (Å²) in [5.74, 6) is 0.606. The highest BCUT2D eigenvalue weighted by atomic mass is 32.2. The summed E-state index contributed by atoms with van der Waals surface area (Å²) in [5.41, 5.74) is 10.0. The molecule has 0 aromatic carbocycles. The molecule has 0 saturated heterocycles. The second kappa shape index (κ2) is 8.36. The van der Waals surface area contributed by atoms with Crippen LogP contribution in [-0.4, -0.2) is 21.1 Å². The molecular weight excluding hydrogens is 394 g/mol. The zero-order valence-electron chi connectivity index (χ0n) is 16.4. The molecule has 7 nitrogen and oxygen atoms in total. The Hall–Kier alpha value is -1.68. The summed E-state index contributed by atoms with van der Waals surface area (Å²) in [6.45, 7) is 5.46. The maximum atomic E-state index is 11.1. The Morgan fingerprint density at radius 3 is 2.61 bits per heavy atom. The molecule has 2 aliphatic rings. The lowest BCUT2D eigenvalue weighted by molar-refractivity contribution is 0.0783. The minimum atomic E-state index is -0.849. The fraction of sp³-hybridized carbons (Fsp3) is 0.526. The quantitative estimate of drug-likeness (QED) is 0.559. The van der Waals surface area contributed by atoms with Crippen molar-refractivity contribution in [2.75, 3.05) is 5.32 Å². The van der Waals surface area contributed by atoms with E-state index in [2.05, 4.69) is 10.3 Å². The van der Waals surface area contributed by atoms with Crippen molar-refractivity contribution in [3.63, 3.8) is 0 Å². The molecule has 0 atom stereocenters. The number of amides is 2. The number of nitrogens with zero attached hydrogens (tertiary/aromatic N) is 2. The number of carbonyl (C=O) groups is 1. The molecular formula is C19H27N5O2S2. The van der Waals surface area contributed by atoms with Crippen molar-refractivity contribution >= 4 is 35.0 Å². The molecule has 6 N–H and O–H groups in total. The van der Waals surface area contributed by atoms with Gasteiger partial charge in [0.1, 0.15) is 10.6 Å². The van der Waals surface area contributed by atoms with Gasteiger partial charge in [-0.05, 0) is 76.0 Å². The topological polar surface area (TPSA) is 127 Å². The lowest BCUT2D eigenvalue weighted by Crippen LogP contribution is -2.21. The number of aromatic nitrogens is 2. The Kier molecular flexibility index (Phi) is 6.28. The van der Waals surface area contributed by atoms with Crippen molar-refractivity contribution in [2.24, 2.45) is 10.9 Å². The standard InChI is InChI=1S/C13H17N3O.C6H10N2OS2/c1-7-11(8-5-6-8)15-10-4-2-3-9(10)12(7)16-13(14)17;1-6(2,9)5-8-3-4(10-5)11-7/h8H,2-6H2,1H3,(H3,14,15,16,17);3,9H,7H2,1-2H3. The number of pyridine rings is 1. The number of anilines is 1. The first-order valence-electron chi connectivity index (χ1n) is 9.34. The number of hydrogen-bond donors (Lipinski definition) is 4. The molecule has 4 rings (SSSR count).